The molecule has 4 heteroatoms. The maximum Gasteiger partial charge on any atom is 0.0713 e. The van der Waals surface area contributed by atoms with Crippen molar-refractivity contribution in [2.45, 2.75) is 11.5 Å². The number of hydrogen-bond donors (Lipinski definition) is 3. The summed E-state index contributed by atoms with van der Waals surface area (Å²) in [7, 11) is 0. The molecule has 2 nitrogen and oxygen atoms in total. The van der Waals surface area contributed by atoms with E-state index in [-0.39, 0.29) is 6.61 Å². The molecule has 0 amide bonds. The van der Waals surface area contributed by atoms with E-state index in [1.807, 2.05) is 17.5 Å². The van der Waals surface area contributed by atoms with E-state index in [0.29, 0.717) is 5.69 Å². The van der Waals surface area contributed by atoms with Gasteiger partial charge in [0.05, 0.1) is 17.0 Å². The first-order valence-corrected chi connectivity index (χ1v) is 5.15. The molecule has 1 aromatic carbocycles. The highest BCUT2D eigenvalue weighted by Gasteiger charge is 2.08. The van der Waals surface area contributed by atoms with E-state index in [2.05, 4.69) is 12.6 Å². The van der Waals surface area contributed by atoms with Crippen LogP contribution in [0, 0.1) is 0 Å². The third kappa shape index (κ3) is 1.31. The highest BCUT2D eigenvalue weighted by atomic mass is 32.1. The van der Waals surface area contributed by atoms with E-state index in [0.717, 1.165) is 20.5 Å². The van der Waals surface area contributed by atoms with Crippen LogP contribution in [-0.4, -0.2) is 5.11 Å². The van der Waals surface area contributed by atoms with Gasteiger partial charge in [0.15, 0.2) is 0 Å². The molecule has 13 heavy (non-hydrogen) atoms. The Hall–Kier alpha value is -0.710. The second kappa shape index (κ2) is 3.21. The quantitative estimate of drug-likeness (QED) is 0.500. The highest BCUT2D eigenvalue weighted by molar-refractivity contribution is 7.80. The molecule has 0 saturated heterocycles. The summed E-state index contributed by atoms with van der Waals surface area (Å²) in [5.41, 5.74) is 7.25. The summed E-state index contributed by atoms with van der Waals surface area (Å²) in [5, 5.41) is 12.1. The van der Waals surface area contributed by atoms with Crippen LogP contribution >= 0.6 is 24.0 Å². The summed E-state index contributed by atoms with van der Waals surface area (Å²) in [6.45, 7) is -0.0570. The molecule has 0 atom stereocenters. The minimum Gasteiger partial charge on any atom is -0.397 e. The lowest BCUT2D eigenvalue weighted by Crippen LogP contribution is -1.95. The van der Waals surface area contributed by atoms with Crippen LogP contribution in [0.15, 0.2) is 22.4 Å². The van der Waals surface area contributed by atoms with Gasteiger partial charge in [0.1, 0.15) is 0 Å². The average molecular weight is 211 g/mol. The van der Waals surface area contributed by atoms with Crippen molar-refractivity contribution in [2.24, 2.45) is 0 Å². The standard InChI is InChI=1S/C9H9NOS2/c10-8-6(4-11)7(12)3-5-1-2-13-9(5)8/h1-3,11-12H,4,10H2. The average Bonchev–Trinajstić information content (AvgIpc) is 2.53. The van der Waals surface area contributed by atoms with Gasteiger partial charge in [0.25, 0.3) is 0 Å². The van der Waals surface area contributed by atoms with Crippen LogP contribution in [0.1, 0.15) is 5.56 Å². The number of fused-ring (bicyclic) bond motifs is 1. The maximum atomic E-state index is 9.07. The smallest absolute Gasteiger partial charge is 0.0713 e. The third-order valence-corrected chi connectivity index (χ3v) is 3.39. The van der Waals surface area contributed by atoms with Crippen molar-refractivity contribution in [1.29, 1.82) is 0 Å². The van der Waals surface area contributed by atoms with Crippen LogP contribution in [0.4, 0.5) is 5.69 Å². The van der Waals surface area contributed by atoms with E-state index in [9.17, 15) is 0 Å². The second-order valence-electron chi connectivity index (χ2n) is 2.78. The van der Waals surface area contributed by atoms with Gasteiger partial charge in [0.2, 0.25) is 0 Å². The van der Waals surface area contributed by atoms with E-state index in [4.69, 9.17) is 10.8 Å². The summed E-state index contributed by atoms with van der Waals surface area (Å²) < 4.78 is 1.03. The molecule has 0 spiro atoms. The number of nitrogen functional groups attached to an aromatic ring is 1. The molecule has 0 aliphatic heterocycles. The fourth-order valence-electron chi connectivity index (χ4n) is 1.33. The highest BCUT2D eigenvalue weighted by Crippen LogP contribution is 2.33. The number of anilines is 1. The first kappa shape index (κ1) is 8.87. The van der Waals surface area contributed by atoms with Gasteiger partial charge in [-0.2, -0.15) is 0 Å². The lowest BCUT2D eigenvalue weighted by atomic mass is 10.1. The van der Waals surface area contributed by atoms with Crippen molar-refractivity contribution in [1.82, 2.24) is 0 Å². The SMILES string of the molecule is Nc1c(CO)c(S)cc2ccsc12. The van der Waals surface area contributed by atoms with Crippen molar-refractivity contribution >= 4 is 39.7 Å². The minimum atomic E-state index is -0.0570. The number of aliphatic hydroxyl groups is 1. The lowest BCUT2D eigenvalue weighted by Gasteiger charge is -2.06. The van der Waals surface area contributed by atoms with Gasteiger partial charge >= 0.3 is 0 Å². The Morgan fingerprint density at radius 2 is 2.31 bits per heavy atom. The van der Waals surface area contributed by atoms with Gasteiger partial charge in [-0.05, 0) is 22.9 Å². The molecule has 1 heterocycles. The normalized spacial score (nSPS) is 10.9. The third-order valence-electron chi connectivity index (χ3n) is 2.02. The second-order valence-corrected chi connectivity index (χ2v) is 4.18. The molecule has 68 valence electrons. The molecule has 0 aliphatic rings. The monoisotopic (exact) mass is 211 g/mol. The van der Waals surface area contributed by atoms with Crippen LogP contribution in [0.25, 0.3) is 10.1 Å². The van der Waals surface area contributed by atoms with E-state index in [1.165, 1.54) is 0 Å². The zero-order valence-corrected chi connectivity index (χ0v) is 8.53. The van der Waals surface area contributed by atoms with Crippen molar-refractivity contribution in [2.75, 3.05) is 5.73 Å². The number of hydrogen-bond acceptors (Lipinski definition) is 4. The topological polar surface area (TPSA) is 46.2 Å². The molecular formula is C9H9NOS2. The van der Waals surface area contributed by atoms with E-state index < -0.39 is 0 Å². The lowest BCUT2D eigenvalue weighted by molar-refractivity contribution is 0.280. The van der Waals surface area contributed by atoms with Crippen LogP contribution in [0.3, 0.4) is 0 Å². The van der Waals surface area contributed by atoms with Gasteiger partial charge in [-0.25, -0.2) is 0 Å². The van der Waals surface area contributed by atoms with E-state index in [1.54, 1.807) is 11.3 Å². The number of rotatable bonds is 1. The predicted octanol–water partition coefficient (Wildman–Crippen LogP) is 2.26. The fraction of sp³-hybridized carbons (Fsp3) is 0.111. The van der Waals surface area contributed by atoms with Crippen molar-refractivity contribution < 1.29 is 5.11 Å². The van der Waals surface area contributed by atoms with Crippen LogP contribution < -0.4 is 5.73 Å². The van der Waals surface area contributed by atoms with Crippen molar-refractivity contribution in [3.8, 4) is 0 Å². The summed E-state index contributed by atoms with van der Waals surface area (Å²) in [6, 6.07) is 3.92. The van der Waals surface area contributed by atoms with E-state index >= 15 is 0 Å². The minimum absolute atomic E-state index is 0.0570. The van der Waals surface area contributed by atoms with Crippen molar-refractivity contribution in [3.63, 3.8) is 0 Å². The summed E-state index contributed by atoms with van der Waals surface area (Å²) in [4.78, 5) is 0.755. The molecule has 3 N–H and O–H groups in total. The Bertz CT molecular complexity index is 450. The largest absolute Gasteiger partial charge is 0.397 e. The number of thiol groups is 1. The molecule has 0 bridgehead atoms. The van der Waals surface area contributed by atoms with Gasteiger partial charge in [-0.15, -0.1) is 24.0 Å². The molecule has 0 aliphatic carbocycles. The van der Waals surface area contributed by atoms with Gasteiger partial charge < -0.3 is 10.8 Å². The van der Waals surface area contributed by atoms with Gasteiger partial charge in [0, 0.05) is 10.5 Å². The summed E-state index contributed by atoms with van der Waals surface area (Å²) >= 11 is 5.85. The first-order chi connectivity index (χ1) is 6.24. The van der Waals surface area contributed by atoms with Crippen LogP contribution in [0.5, 0.6) is 0 Å². The molecule has 0 fully saturated rings. The zero-order valence-electron chi connectivity index (χ0n) is 6.82. The van der Waals surface area contributed by atoms with Gasteiger partial charge in [-0.3, -0.25) is 0 Å². The Balaban J connectivity index is 2.85. The molecule has 2 aromatic rings. The number of nitrogens with two attached hydrogens (primary N) is 1. The molecule has 0 radical (unpaired) electrons. The Morgan fingerprint density at radius 3 is 3.00 bits per heavy atom. The Kier molecular flexibility index (Phi) is 2.19. The number of aliphatic hydroxyl groups excluding tert-OH is 1. The Labute approximate surface area is 85.4 Å². The van der Waals surface area contributed by atoms with Crippen LogP contribution in [0.2, 0.25) is 0 Å². The molecule has 0 unspecified atom stereocenters. The van der Waals surface area contributed by atoms with Gasteiger partial charge in [-0.1, -0.05) is 0 Å². The first-order valence-electron chi connectivity index (χ1n) is 3.82. The zero-order chi connectivity index (χ0) is 9.42. The summed E-state index contributed by atoms with van der Waals surface area (Å²) in [6.07, 6.45) is 0. The molecular weight excluding hydrogens is 202 g/mol. The molecule has 2 rings (SSSR count). The fourth-order valence-corrected chi connectivity index (χ4v) is 2.52. The number of benzene rings is 1. The number of thiophene rings is 1. The Morgan fingerprint density at radius 1 is 1.54 bits per heavy atom. The predicted molar refractivity (Wildman–Crippen MR) is 59.4 cm³/mol. The molecule has 0 saturated carbocycles. The van der Waals surface area contributed by atoms with Crippen molar-refractivity contribution in [3.05, 3.63) is 23.1 Å². The molecule has 1 aromatic heterocycles. The van der Waals surface area contributed by atoms with Crippen LogP contribution in [-0.2, 0) is 6.61 Å². The maximum absolute atomic E-state index is 9.07. The summed E-state index contributed by atoms with van der Waals surface area (Å²) in [5.74, 6) is 0.